The van der Waals surface area contributed by atoms with Gasteiger partial charge in [0.15, 0.2) is 0 Å². The molecule has 4 aromatic rings. The molecular weight excluding hydrogens is 587 g/mol. The lowest BCUT2D eigenvalue weighted by atomic mass is 9.97. The Morgan fingerprint density at radius 1 is 1.09 bits per heavy atom. The molecule has 1 fully saturated rings. The largest absolute Gasteiger partial charge is 0.371 e. The van der Waals surface area contributed by atoms with Gasteiger partial charge in [0.25, 0.3) is 5.91 Å². The molecular formula is C32H37Cl2N6O3+. The number of imidazole rings is 1. The molecule has 1 aliphatic rings. The van der Waals surface area contributed by atoms with Crippen LogP contribution in [0.1, 0.15) is 70.9 Å². The number of fused-ring (bicyclic) bond motifs is 1. The highest BCUT2D eigenvalue weighted by Gasteiger charge is 2.25. The monoisotopic (exact) mass is 623 g/mol. The zero-order chi connectivity index (χ0) is 30.7. The first kappa shape index (κ1) is 30.6. The molecule has 3 N–H and O–H groups in total. The van der Waals surface area contributed by atoms with E-state index in [1.807, 2.05) is 24.6 Å². The molecule has 0 radical (unpaired) electrons. The lowest BCUT2D eigenvalue weighted by Crippen LogP contribution is -2.41. The third-order valence-corrected chi connectivity index (χ3v) is 8.93. The first-order valence-electron chi connectivity index (χ1n) is 14.6. The van der Waals surface area contributed by atoms with Gasteiger partial charge in [-0.3, -0.25) is 14.8 Å². The number of rotatable bonds is 9. The Morgan fingerprint density at radius 3 is 2.58 bits per heavy atom. The molecule has 0 atom stereocenters. The number of halogens is 2. The Hall–Kier alpha value is -3.82. The predicted octanol–water partition coefficient (Wildman–Crippen LogP) is 5.30. The van der Waals surface area contributed by atoms with Gasteiger partial charge in [-0.15, -0.1) is 0 Å². The van der Waals surface area contributed by atoms with E-state index in [2.05, 4.69) is 28.5 Å². The first-order valence-corrected chi connectivity index (χ1v) is 15.4. The highest BCUT2D eigenvalue weighted by Crippen LogP contribution is 2.34. The van der Waals surface area contributed by atoms with Crippen LogP contribution in [0.2, 0.25) is 10.0 Å². The molecule has 2 aromatic heterocycles. The van der Waals surface area contributed by atoms with Gasteiger partial charge >= 0.3 is 11.6 Å². The molecule has 0 bridgehead atoms. The number of carbonyl (C=O) groups excluding carboxylic acids is 2. The van der Waals surface area contributed by atoms with Gasteiger partial charge in [0.1, 0.15) is 5.82 Å². The number of benzene rings is 2. The van der Waals surface area contributed by atoms with Crippen LogP contribution >= 0.6 is 23.2 Å². The summed E-state index contributed by atoms with van der Waals surface area (Å²) in [6.07, 6.45) is 4.77. The van der Waals surface area contributed by atoms with E-state index in [0.29, 0.717) is 45.6 Å². The van der Waals surface area contributed by atoms with Gasteiger partial charge in [-0.05, 0) is 60.6 Å². The third kappa shape index (κ3) is 6.58. The van der Waals surface area contributed by atoms with Gasteiger partial charge in [0.2, 0.25) is 6.20 Å². The van der Waals surface area contributed by atoms with E-state index in [0.717, 1.165) is 59.6 Å². The Kier molecular flexibility index (Phi) is 9.42. The number of amides is 2. The Balaban J connectivity index is 1.44. The highest BCUT2D eigenvalue weighted by molar-refractivity contribution is 6.36. The number of nitrogens with one attached hydrogen (secondary N) is 2. The van der Waals surface area contributed by atoms with Crippen molar-refractivity contribution in [1.29, 1.82) is 0 Å². The number of hydrogen-bond acceptors (Lipinski definition) is 5. The molecule has 11 heteroatoms. The zero-order valence-electron chi connectivity index (χ0n) is 24.7. The number of aryl methyl sites for hydroxylation is 1. The Morgan fingerprint density at radius 2 is 1.86 bits per heavy atom. The van der Waals surface area contributed by atoms with Crippen LogP contribution in [-0.2, 0) is 20.0 Å². The Bertz CT molecular complexity index is 1660. The van der Waals surface area contributed by atoms with Crippen molar-refractivity contribution in [2.45, 2.75) is 46.1 Å². The minimum absolute atomic E-state index is 0.0902. The van der Waals surface area contributed by atoms with Crippen molar-refractivity contribution in [2.75, 3.05) is 24.5 Å². The van der Waals surface area contributed by atoms with Crippen LogP contribution in [0.3, 0.4) is 0 Å². The van der Waals surface area contributed by atoms with E-state index in [-0.39, 0.29) is 18.1 Å². The maximum atomic E-state index is 13.3. The summed E-state index contributed by atoms with van der Waals surface area (Å²) in [5.74, 6) is 0.884. The molecule has 43 heavy (non-hydrogen) atoms. The average molecular weight is 625 g/mol. The quantitative estimate of drug-likeness (QED) is 0.173. The van der Waals surface area contributed by atoms with Gasteiger partial charge in [0, 0.05) is 61.5 Å². The second-order valence-electron chi connectivity index (χ2n) is 11.2. The molecule has 226 valence electrons. The lowest BCUT2D eigenvalue weighted by Gasteiger charge is -2.33. The number of nitrogens with zero attached hydrogens (tertiary/aromatic N) is 4. The fourth-order valence-corrected chi connectivity index (χ4v) is 6.02. The van der Waals surface area contributed by atoms with Crippen LogP contribution in [0, 0.1) is 5.92 Å². The predicted molar refractivity (Wildman–Crippen MR) is 168 cm³/mol. The molecule has 0 saturated carbocycles. The standard InChI is InChI=1S/C32H36Cl2N6O3/c1-4-12-35-31(41)23-16-25-28(18-27(23)39-14-10-20(2)11-15-39)38(3)29(37-25)17-22-24(33)9-8-21(30(22)34)19-36-32(42)26-7-5-6-13-40(26)43/h5-9,13,16,18,20H,4,10-12,14-15,17,19H2,1-3H3,(H2-,35,36,41,42,43)/p+1. The smallest absolute Gasteiger partial charge is 0.321 e. The van der Waals surface area contributed by atoms with E-state index in [9.17, 15) is 14.8 Å². The van der Waals surface area contributed by atoms with Gasteiger partial charge in [-0.1, -0.05) is 43.1 Å². The van der Waals surface area contributed by atoms with E-state index in [4.69, 9.17) is 28.2 Å². The molecule has 2 amide bonds. The topological polar surface area (TPSA) is 103 Å². The summed E-state index contributed by atoms with van der Waals surface area (Å²) in [5, 5.41) is 16.7. The summed E-state index contributed by atoms with van der Waals surface area (Å²) in [5.41, 5.74) is 4.70. The van der Waals surface area contributed by atoms with E-state index < -0.39 is 5.91 Å². The molecule has 0 unspecified atom stereocenters. The lowest BCUT2D eigenvalue weighted by molar-refractivity contribution is -0.905. The summed E-state index contributed by atoms with van der Waals surface area (Å²) in [6.45, 7) is 6.88. The SMILES string of the molecule is CCCNC(=O)c1cc2nc(Cc3c(Cl)ccc(CNC(=O)c4cccc[n+]4O)c3Cl)n(C)c2cc1N1CCC(C)CC1. The number of aromatic nitrogens is 3. The second kappa shape index (κ2) is 13.2. The summed E-state index contributed by atoms with van der Waals surface area (Å²) < 4.78 is 2.79. The number of piperidine rings is 1. The van der Waals surface area contributed by atoms with Crippen molar-refractivity contribution >= 4 is 51.7 Å². The second-order valence-corrected chi connectivity index (χ2v) is 11.9. The van der Waals surface area contributed by atoms with Gasteiger partial charge in [0.05, 0.1) is 27.3 Å². The summed E-state index contributed by atoms with van der Waals surface area (Å²) in [4.78, 5) is 33.1. The maximum absolute atomic E-state index is 13.3. The Labute approximate surface area is 261 Å². The fourth-order valence-electron chi connectivity index (χ4n) is 5.45. The molecule has 3 heterocycles. The molecule has 0 spiro atoms. The minimum Gasteiger partial charge on any atom is -0.371 e. The van der Waals surface area contributed by atoms with Crippen molar-refractivity contribution in [3.05, 3.63) is 86.9 Å². The highest BCUT2D eigenvalue weighted by atomic mass is 35.5. The fraction of sp³-hybridized carbons (Fsp3) is 0.375. The van der Waals surface area contributed by atoms with E-state index in [1.165, 1.54) is 12.3 Å². The molecule has 2 aromatic carbocycles. The number of pyridine rings is 1. The molecule has 1 saturated heterocycles. The van der Waals surface area contributed by atoms with Crippen LogP contribution in [0.15, 0.2) is 48.7 Å². The average Bonchev–Trinajstić information content (AvgIpc) is 3.31. The first-order chi connectivity index (χ1) is 20.7. The van der Waals surface area contributed by atoms with Gasteiger partial charge in [-0.25, -0.2) is 4.98 Å². The molecule has 5 rings (SSSR count). The van der Waals surface area contributed by atoms with Crippen LogP contribution in [-0.4, -0.2) is 46.2 Å². The van der Waals surface area contributed by atoms with Crippen LogP contribution in [0.4, 0.5) is 5.69 Å². The third-order valence-electron chi connectivity index (χ3n) is 8.11. The molecule has 9 nitrogen and oxygen atoms in total. The normalized spacial score (nSPS) is 13.8. The van der Waals surface area contributed by atoms with Gasteiger partial charge in [-0.2, -0.15) is 0 Å². The van der Waals surface area contributed by atoms with E-state index in [1.54, 1.807) is 24.3 Å². The van der Waals surface area contributed by atoms with Crippen LogP contribution < -0.4 is 20.3 Å². The van der Waals surface area contributed by atoms with Gasteiger partial charge < -0.3 is 20.1 Å². The van der Waals surface area contributed by atoms with E-state index >= 15 is 0 Å². The number of anilines is 1. The summed E-state index contributed by atoms with van der Waals surface area (Å²) in [7, 11) is 1.96. The number of hydrogen-bond donors (Lipinski definition) is 3. The van der Waals surface area contributed by atoms with Crippen LogP contribution in [0.5, 0.6) is 0 Å². The number of carbonyl (C=O) groups is 2. The van der Waals surface area contributed by atoms with Crippen molar-refractivity contribution in [3.63, 3.8) is 0 Å². The summed E-state index contributed by atoms with van der Waals surface area (Å²) in [6, 6.07) is 12.3. The van der Waals surface area contributed by atoms with Crippen molar-refractivity contribution in [2.24, 2.45) is 13.0 Å². The molecule has 0 aliphatic carbocycles. The van der Waals surface area contributed by atoms with Crippen molar-refractivity contribution in [3.8, 4) is 0 Å². The van der Waals surface area contributed by atoms with Crippen molar-refractivity contribution in [1.82, 2.24) is 20.2 Å². The minimum atomic E-state index is -0.441. The maximum Gasteiger partial charge on any atom is 0.321 e. The molecule has 1 aliphatic heterocycles. The van der Waals surface area contributed by atoms with Crippen LogP contribution in [0.25, 0.3) is 11.0 Å². The zero-order valence-corrected chi connectivity index (χ0v) is 26.2. The van der Waals surface area contributed by atoms with Crippen molar-refractivity contribution < 1.29 is 19.5 Å². The summed E-state index contributed by atoms with van der Waals surface area (Å²) >= 11 is 13.5.